The van der Waals surface area contributed by atoms with Crippen LogP contribution in [-0.4, -0.2) is 29.7 Å². The molecule has 2 atom stereocenters. The van der Waals surface area contributed by atoms with Crippen molar-refractivity contribution in [2.24, 2.45) is 0 Å². The monoisotopic (exact) mass is 447 g/mol. The van der Waals surface area contributed by atoms with Gasteiger partial charge in [0.15, 0.2) is 0 Å². The Kier molecular flexibility index (Phi) is 5.33. The van der Waals surface area contributed by atoms with Crippen molar-refractivity contribution in [1.29, 1.82) is 0 Å². The number of hydrogen-bond acceptors (Lipinski definition) is 2. The molecular weight excluding hydrogens is 418 g/mol. The molecule has 2 bridgehead atoms. The molecule has 2 aliphatic heterocycles. The van der Waals surface area contributed by atoms with Crippen LogP contribution in [-0.2, 0) is 4.74 Å². The van der Waals surface area contributed by atoms with E-state index in [1.807, 2.05) is 11.0 Å². The van der Waals surface area contributed by atoms with Crippen LogP contribution in [0.5, 0.6) is 0 Å². The van der Waals surface area contributed by atoms with E-state index in [0.29, 0.717) is 6.61 Å². The zero-order valence-electron chi connectivity index (χ0n) is 19.3. The molecule has 3 heteroatoms. The lowest BCUT2D eigenvalue weighted by atomic mass is 9.83. The summed E-state index contributed by atoms with van der Waals surface area (Å²) in [5, 5.41) is 0. The van der Waals surface area contributed by atoms with Crippen molar-refractivity contribution in [2.45, 2.75) is 43.7 Å². The van der Waals surface area contributed by atoms with Gasteiger partial charge in [-0.2, -0.15) is 0 Å². The zero-order valence-corrected chi connectivity index (χ0v) is 19.3. The minimum Gasteiger partial charge on any atom is -0.448 e. The van der Waals surface area contributed by atoms with Crippen LogP contribution in [0.15, 0.2) is 85.5 Å². The van der Waals surface area contributed by atoms with Gasteiger partial charge in [0.05, 0.1) is 6.04 Å². The molecular formula is C31H29NO2. The predicted octanol–water partition coefficient (Wildman–Crippen LogP) is 7.29. The molecule has 1 saturated heterocycles. The molecule has 1 aliphatic carbocycles. The summed E-state index contributed by atoms with van der Waals surface area (Å²) in [5.41, 5.74) is 8.70. The van der Waals surface area contributed by atoms with Gasteiger partial charge in [0.1, 0.15) is 6.61 Å². The zero-order chi connectivity index (χ0) is 23.1. The van der Waals surface area contributed by atoms with Crippen LogP contribution < -0.4 is 0 Å². The van der Waals surface area contributed by atoms with Gasteiger partial charge in [-0.15, -0.1) is 0 Å². The van der Waals surface area contributed by atoms with Gasteiger partial charge in [-0.3, -0.25) is 4.90 Å². The average Bonchev–Trinajstić information content (AvgIpc) is 3.20. The van der Waals surface area contributed by atoms with E-state index in [-0.39, 0.29) is 24.1 Å². The Labute approximate surface area is 201 Å². The summed E-state index contributed by atoms with van der Waals surface area (Å²) in [4.78, 5) is 15.4. The van der Waals surface area contributed by atoms with Gasteiger partial charge in [0, 0.05) is 12.0 Å². The Balaban J connectivity index is 1.22. The number of carbonyl (C=O) groups is 1. The Morgan fingerprint density at radius 2 is 1.71 bits per heavy atom. The molecule has 0 spiro atoms. The number of fused-ring (bicyclic) bond motifs is 5. The first-order valence-electron chi connectivity index (χ1n) is 12.3. The van der Waals surface area contributed by atoms with Crippen molar-refractivity contribution >= 4 is 17.7 Å². The average molecular weight is 448 g/mol. The van der Waals surface area contributed by atoms with Crippen molar-refractivity contribution in [3.8, 4) is 11.1 Å². The molecule has 2 unspecified atom stereocenters. The van der Waals surface area contributed by atoms with Crippen LogP contribution in [0, 0.1) is 0 Å². The fraction of sp³-hybridized carbons (Fsp3) is 0.258. The van der Waals surface area contributed by atoms with Gasteiger partial charge in [0.2, 0.25) is 0 Å². The highest BCUT2D eigenvalue weighted by Crippen LogP contribution is 2.45. The first-order valence-corrected chi connectivity index (χ1v) is 12.3. The van der Waals surface area contributed by atoms with E-state index in [4.69, 9.17) is 4.74 Å². The molecule has 3 aliphatic rings. The number of carbonyl (C=O) groups excluding carboxylic acids is 1. The van der Waals surface area contributed by atoms with E-state index in [1.165, 1.54) is 33.4 Å². The summed E-state index contributed by atoms with van der Waals surface area (Å²) in [5.74, 6) is 0.0914. The van der Waals surface area contributed by atoms with E-state index in [1.54, 1.807) is 0 Å². The molecule has 2 heterocycles. The summed E-state index contributed by atoms with van der Waals surface area (Å²) >= 11 is 0. The molecule has 34 heavy (non-hydrogen) atoms. The summed E-state index contributed by atoms with van der Waals surface area (Å²) in [6.07, 6.45) is 8.05. The molecule has 1 amide bonds. The predicted molar refractivity (Wildman–Crippen MR) is 137 cm³/mol. The maximum atomic E-state index is 13.4. The number of ether oxygens (including phenoxy) is 1. The molecule has 0 saturated carbocycles. The van der Waals surface area contributed by atoms with Gasteiger partial charge in [-0.05, 0) is 70.7 Å². The first kappa shape index (κ1) is 21.0. The van der Waals surface area contributed by atoms with E-state index in [2.05, 4.69) is 85.5 Å². The van der Waals surface area contributed by atoms with Gasteiger partial charge >= 0.3 is 6.09 Å². The summed E-state index contributed by atoms with van der Waals surface area (Å²) in [6.45, 7) is 4.28. The number of nitrogens with zero attached hydrogens (tertiary/aromatic N) is 1. The maximum Gasteiger partial charge on any atom is 0.410 e. The Morgan fingerprint density at radius 1 is 0.971 bits per heavy atom. The molecule has 0 aromatic heterocycles. The lowest BCUT2D eigenvalue weighted by molar-refractivity contribution is 0.0539. The van der Waals surface area contributed by atoms with Crippen molar-refractivity contribution < 1.29 is 9.53 Å². The van der Waals surface area contributed by atoms with E-state index in [0.717, 1.165) is 31.2 Å². The smallest absolute Gasteiger partial charge is 0.410 e. The van der Waals surface area contributed by atoms with Crippen LogP contribution in [0.2, 0.25) is 0 Å². The molecule has 1 fully saturated rings. The molecule has 3 aromatic rings. The second kappa shape index (κ2) is 8.64. The van der Waals surface area contributed by atoms with Crippen molar-refractivity contribution in [2.75, 3.05) is 6.61 Å². The van der Waals surface area contributed by atoms with Crippen LogP contribution >= 0.6 is 0 Å². The largest absolute Gasteiger partial charge is 0.448 e. The van der Waals surface area contributed by atoms with Crippen LogP contribution in [0.3, 0.4) is 0 Å². The summed E-state index contributed by atoms with van der Waals surface area (Å²) < 4.78 is 6.04. The van der Waals surface area contributed by atoms with Gasteiger partial charge in [0.25, 0.3) is 0 Å². The standard InChI is InChI=1S/C31H29NO2/c1-2-21-9-7-10-22(17-21)23-18-24-11-8-12-25(19-23)32(24)31(33)34-20-30-28-15-5-3-13-26(28)27-14-4-6-16-29(27)30/h2-7,9-10,13-18,24-25,30H,1,8,11-12,19-20H2. The van der Waals surface area contributed by atoms with Crippen molar-refractivity contribution in [3.63, 3.8) is 0 Å². The third-order valence-electron chi connectivity index (χ3n) is 7.68. The lowest BCUT2D eigenvalue weighted by Crippen LogP contribution is -2.51. The lowest BCUT2D eigenvalue weighted by Gasteiger charge is -2.44. The Morgan fingerprint density at radius 3 is 2.41 bits per heavy atom. The fourth-order valence-electron chi connectivity index (χ4n) is 6.06. The number of amides is 1. The topological polar surface area (TPSA) is 29.5 Å². The van der Waals surface area contributed by atoms with Gasteiger partial charge in [-0.25, -0.2) is 4.79 Å². The summed E-state index contributed by atoms with van der Waals surface area (Å²) in [7, 11) is 0. The third-order valence-corrected chi connectivity index (χ3v) is 7.68. The van der Waals surface area contributed by atoms with Crippen molar-refractivity contribution in [1.82, 2.24) is 4.90 Å². The van der Waals surface area contributed by atoms with Crippen LogP contribution in [0.25, 0.3) is 22.8 Å². The SMILES string of the molecule is C=Cc1cccc(C2=CC3CCCC(C2)N3C(=O)OCC2c3ccccc3-c3ccccc32)c1. The maximum absolute atomic E-state index is 13.4. The molecule has 0 N–H and O–H groups in total. The normalized spacial score (nSPS) is 20.8. The third kappa shape index (κ3) is 3.56. The van der Waals surface area contributed by atoms with Crippen molar-refractivity contribution in [3.05, 3.63) is 108 Å². The number of piperidine rings is 1. The van der Waals surface area contributed by atoms with Gasteiger partial charge < -0.3 is 4.74 Å². The highest BCUT2D eigenvalue weighted by Gasteiger charge is 2.39. The molecule has 3 nitrogen and oxygen atoms in total. The van der Waals surface area contributed by atoms with Crippen LogP contribution in [0.1, 0.15) is 53.9 Å². The fourth-order valence-corrected chi connectivity index (χ4v) is 6.06. The Bertz CT molecular complexity index is 1240. The molecule has 3 aromatic carbocycles. The second-order valence-corrected chi connectivity index (χ2v) is 9.59. The number of benzene rings is 3. The number of hydrogen-bond donors (Lipinski definition) is 0. The second-order valence-electron chi connectivity index (χ2n) is 9.59. The molecule has 0 radical (unpaired) electrons. The van der Waals surface area contributed by atoms with E-state index < -0.39 is 0 Å². The minimum absolute atomic E-state index is 0.0914. The minimum atomic E-state index is -0.174. The Hall–Kier alpha value is -3.59. The van der Waals surface area contributed by atoms with Crippen LogP contribution in [0.4, 0.5) is 4.79 Å². The highest BCUT2D eigenvalue weighted by molar-refractivity contribution is 5.79. The summed E-state index contributed by atoms with van der Waals surface area (Å²) in [6, 6.07) is 25.8. The first-order chi connectivity index (χ1) is 16.7. The van der Waals surface area contributed by atoms with Gasteiger partial charge in [-0.1, -0.05) is 85.5 Å². The van der Waals surface area contributed by atoms with E-state index >= 15 is 0 Å². The molecule has 6 rings (SSSR count). The number of rotatable bonds is 4. The van der Waals surface area contributed by atoms with E-state index in [9.17, 15) is 4.79 Å². The highest BCUT2D eigenvalue weighted by atomic mass is 16.6. The quantitative estimate of drug-likeness (QED) is 0.420. The molecule has 170 valence electrons.